The smallest absolute Gasteiger partial charge is 0.239 e. The molecule has 3 nitrogen and oxygen atoms in total. The molecular weight excluding hydrogens is 408 g/mol. The quantitative estimate of drug-likeness (QED) is 0.313. The fraction of sp³-hybridized carbons (Fsp3) is 0.200. The Kier molecular flexibility index (Phi) is 6.50. The number of aryl methyl sites for hydroxylation is 2. The lowest BCUT2D eigenvalue weighted by Crippen LogP contribution is -2.31. The fourth-order valence-electron chi connectivity index (χ4n) is 3.28. The zero-order valence-electron chi connectivity index (χ0n) is 17.2. The van der Waals surface area contributed by atoms with E-state index in [0.717, 1.165) is 32.2 Å². The molecule has 4 aromatic rings. The Morgan fingerprint density at radius 3 is 2.50 bits per heavy atom. The number of benzene rings is 3. The van der Waals surface area contributed by atoms with E-state index in [9.17, 15) is 4.79 Å². The highest BCUT2D eigenvalue weighted by molar-refractivity contribution is 8.00. The van der Waals surface area contributed by atoms with Crippen LogP contribution in [0.25, 0.3) is 10.2 Å². The molecular formula is C25H24N2OS2. The van der Waals surface area contributed by atoms with Crippen molar-refractivity contribution >= 4 is 44.4 Å². The van der Waals surface area contributed by atoms with Crippen LogP contribution >= 0.6 is 23.1 Å². The van der Waals surface area contributed by atoms with Crippen LogP contribution in [0.3, 0.4) is 0 Å². The Balaban J connectivity index is 1.62. The van der Waals surface area contributed by atoms with Crippen molar-refractivity contribution in [2.75, 3.05) is 10.7 Å². The third kappa shape index (κ3) is 4.74. The highest BCUT2D eigenvalue weighted by Crippen LogP contribution is 2.32. The summed E-state index contributed by atoms with van der Waals surface area (Å²) in [6.07, 6.45) is 0.927. The number of thiazole rings is 1. The van der Waals surface area contributed by atoms with Crippen molar-refractivity contribution in [3.63, 3.8) is 0 Å². The van der Waals surface area contributed by atoms with Crippen molar-refractivity contribution in [3.8, 4) is 0 Å². The van der Waals surface area contributed by atoms with Crippen LogP contribution in [0.15, 0.2) is 77.7 Å². The van der Waals surface area contributed by atoms with Crippen LogP contribution in [-0.2, 0) is 17.8 Å². The van der Waals surface area contributed by atoms with Crippen LogP contribution in [0, 0.1) is 6.92 Å². The molecule has 0 aliphatic heterocycles. The molecule has 0 spiro atoms. The first-order valence-corrected chi connectivity index (χ1v) is 11.9. The Hall–Kier alpha value is -2.63. The molecule has 0 saturated carbocycles. The molecule has 1 amide bonds. The summed E-state index contributed by atoms with van der Waals surface area (Å²) in [5.41, 5.74) is 4.55. The fourth-order valence-corrected chi connectivity index (χ4v) is 5.09. The molecule has 0 atom stereocenters. The van der Waals surface area contributed by atoms with Gasteiger partial charge in [0.05, 0.1) is 22.5 Å². The Morgan fingerprint density at radius 2 is 1.77 bits per heavy atom. The van der Waals surface area contributed by atoms with Gasteiger partial charge in [0.2, 0.25) is 5.91 Å². The number of anilines is 1. The van der Waals surface area contributed by atoms with Gasteiger partial charge in [0.15, 0.2) is 5.13 Å². The number of thioether (sulfide) groups is 1. The van der Waals surface area contributed by atoms with Crippen molar-refractivity contribution < 1.29 is 4.79 Å². The van der Waals surface area contributed by atoms with Crippen molar-refractivity contribution in [3.05, 3.63) is 89.5 Å². The minimum absolute atomic E-state index is 0.0709. The second-order valence-electron chi connectivity index (χ2n) is 7.18. The number of amides is 1. The summed E-state index contributed by atoms with van der Waals surface area (Å²) >= 11 is 3.16. The van der Waals surface area contributed by atoms with Crippen LogP contribution in [0.4, 0.5) is 5.13 Å². The number of carbonyl (C=O) groups excluding carboxylic acids is 1. The molecule has 1 heterocycles. The van der Waals surface area contributed by atoms with E-state index in [-0.39, 0.29) is 5.91 Å². The number of hydrogen-bond donors (Lipinski definition) is 0. The number of aromatic nitrogens is 1. The van der Waals surface area contributed by atoms with E-state index in [1.807, 2.05) is 23.1 Å². The van der Waals surface area contributed by atoms with Gasteiger partial charge in [-0.2, -0.15) is 0 Å². The van der Waals surface area contributed by atoms with Gasteiger partial charge in [0.1, 0.15) is 0 Å². The van der Waals surface area contributed by atoms with Gasteiger partial charge in [-0.15, -0.1) is 11.8 Å². The van der Waals surface area contributed by atoms with Gasteiger partial charge in [-0.05, 0) is 42.7 Å². The van der Waals surface area contributed by atoms with Gasteiger partial charge in [0.25, 0.3) is 0 Å². The lowest BCUT2D eigenvalue weighted by molar-refractivity contribution is -0.116. The topological polar surface area (TPSA) is 33.2 Å². The third-order valence-electron chi connectivity index (χ3n) is 4.97. The molecule has 0 bridgehead atoms. The molecule has 3 aromatic carbocycles. The summed E-state index contributed by atoms with van der Waals surface area (Å²) in [6.45, 7) is 4.73. The second kappa shape index (κ2) is 9.45. The Morgan fingerprint density at radius 1 is 1.00 bits per heavy atom. The van der Waals surface area contributed by atoms with Crippen LogP contribution in [0.2, 0.25) is 0 Å². The van der Waals surface area contributed by atoms with Crippen LogP contribution in [0.5, 0.6) is 0 Å². The summed E-state index contributed by atoms with van der Waals surface area (Å²) in [6, 6.07) is 24.7. The lowest BCUT2D eigenvalue weighted by atomic mass is 10.1. The van der Waals surface area contributed by atoms with E-state index in [1.54, 1.807) is 23.1 Å². The van der Waals surface area contributed by atoms with E-state index in [2.05, 4.69) is 68.4 Å². The maximum absolute atomic E-state index is 13.3. The molecule has 0 radical (unpaired) electrons. The van der Waals surface area contributed by atoms with Crippen LogP contribution in [-0.4, -0.2) is 16.6 Å². The SMILES string of the molecule is CCc1cccc2sc(N(Cc3ccccc3)C(=O)CSc3ccc(C)cc3)nc12. The van der Waals surface area contributed by atoms with Crippen molar-refractivity contribution in [1.82, 2.24) is 4.98 Å². The zero-order valence-corrected chi connectivity index (χ0v) is 18.8. The van der Waals surface area contributed by atoms with Crippen molar-refractivity contribution in [2.45, 2.75) is 31.7 Å². The molecule has 0 unspecified atom stereocenters. The van der Waals surface area contributed by atoms with Crippen LogP contribution < -0.4 is 4.90 Å². The first-order valence-electron chi connectivity index (χ1n) is 10.1. The summed E-state index contributed by atoms with van der Waals surface area (Å²) in [4.78, 5) is 21.1. The highest BCUT2D eigenvalue weighted by Gasteiger charge is 2.21. The normalized spacial score (nSPS) is 11.0. The van der Waals surface area contributed by atoms with Gasteiger partial charge in [-0.1, -0.05) is 78.4 Å². The van der Waals surface area contributed by atoms with Gasteiger partial charge < -0.3 is 0 Å². The largest absolute Gasteiger partial charge is 0.283 e. The standard InChI is InChI=1S/C25H24N2OS2/c1-3-20-10-7-11-22-24(20)26-25(30-22)27(16-19-8-5-4-6-9-19)23(28)17-29-21-14-12-18(2)13-15-21/h4-15H,3,16-17H2,1-2H3. The Bertz CT molecular complexity index is 1140. The molecule has 4 rings (SSSR count). The molecule has 5 heteroatoms. The molecule has 0 fully saturated rings. The van der Waals surface area contributed by atoms with Gasteiger partial charge in [-0.3, -0.25) is 9.69 Å². The predicted octanol–water partition coefficient (Wildman–Crippen LogP) is 6.49. The lowest BCUT2D eigenvalue weighted by Gasteiger charge is -2.20. The molecule has 0 aliphatic rings. The van der Waals surface area contributed by atoms with Gasteiger partial charge >= 0.3 is 0 Å². The van der Waals surface area contributed by atoms with Crippen LogP contribution in [0.1, 0.15) is 23.6 Å². The maximum atomic E-state index is 13.3. The first kappa shape index (κ1) is 20.6. The molecule has 0 N–H and O–H groups in total. The van der Waals surface area contributed by atoms with E-state index in [0.29, 0.717) is 12.3 Å². The number of fused-ring (bicyclic) bond motifs is 1. The van der Waals surface area contributed by atoms with Crippen molar-refractivity contribution in [2.24, 2.45) is 0 Å². The van der Waals surface area contributed by atoms with E-state index in [4.69, 9.17) is 4.98 Å². The third-order valence-corrected chi connectivity index (χ3v) is 7.01. The molecule has 30 heavy (non-hydrogen) atoms. The monoisotopic (exact) mass is 432 g/mol. The maximum Gasteiger partial charge on any atom is 0.239 e. The summed E-state index contributed by atoms with van der Waals surface area (Å²) < 4.78 is 1.13. The molecule has 152 valence electrons. The molecule has 0 aliphatic carbocycles. The Labute approximate surface area is 185 Å². The van der Waals surface area contributed by atoms with Gasteiger partial charge in [0, 0.05) is 4.90 Å². The summed E-state index contributed by atoms with van der Waals surface area (Å²) in [5.74, 6) is 0.452. The average molecular weight is 433 g/mol. The number of nitrogens with zero attached hydrogens (tertiary/aromatic N) is 2. The first-order chi connectivity index (χ1) is 14.6. The highest BCUT2D eigenvalue weighted by atomic mass is 32.2. The minimum Gasteiger partial charge on any atom is -0.283 e. The number of hydrogen-bond acceptors (Lipinski definition) is 4. The summed E-state index contributed by atoms with van der Waals surface area (Å²) in [7, 11) is 0. The number of carbonyl (C=O) groups is 1. The minimum atomic E-state index is 0.0709. The van der Waals surface area contributed by atoms with E-state index in [1.165, 1.54) is 11.1 Å². The molecule has 0 saturated heterocycles. The van der Waals surface area contributed by atoms with Gasteiger partial charge in [-0.25, -0.2) is 4.98 Å². The van der Waals surface area contributed by atoms with Crippen molar-refractivity contribution in [1.29, 1.82) is 0 Å². The number of para-hydroxylation sites is 1. The van der Waals surface area contributed by atoms with E-state index < -0.39 is 0 Å². The zero-order chi connectivity index (χ0) is 20.9. The predicted molar refractivity (Wildman–Crippen MR) is 129 cm³/mol. The number of rotatable bonds is 7. The summed E-state index contributed by atoms with van der Waals surface area (Å²) in [5, 5.41) is 0.768. The molecule has 1 aromatic heterocycles. The van der Waals surface area contributed by atoms with E-state index >= 15 is 0 Å². The second-order valence-corrected chi connectivity index (χ2v) is 9.24. The average Bonchev–Trinajstić information content (AvgIpc) is 3.21.